The van der Waals surface area contributed by atoms with Crippen LogP contribution in [0, 0.1) is 0 Å². The fourth-order valence-corrected chi connectivity index (χ4v) is 1.83. The summed E-state index contributed by atoms with van der Waals surface area (Å²) in [5, 5.41) is 3.14. The van der Waals surface area contributed by atoms with Crippen LogP contribution in [0.25, 0.3) is 0 Å². The first-order valence-electron chi connectivity index (χ1n) is 6.09. The third-order valence-corrected chi connectivity index (χ3v) is 2.73. The summed E-state index contributed by atoms with van der Waals surface area (Å²) in [5.41, 5.74) is 1.68. The molecule has 0 atom stereocenters. The maximum atomic E-state index is 12.1. The number of nitrogens with one attached hydrogen (secondary N) is 1. The number of hydrogen-bond donors (Lipinski definition) is 1. The van der Waals surface area contributed by atoms with E-state index in [9.17, 15) is 8.78 Å². The molecule has 0 bridgehead atoms. The Hall–Kier alpha value is -2.30. The SMILES string of the molecule is COc1ccccc1CNc1cccc(OC(F)F)c1. The molecule has 0 amide bonds. The molecule has 0 saturated heterocycles. The number of benzene rings is 2. The lowest BCUT2D eigenvalue weighted by molar-refractivity contribution is -0.0498. The Morgan fingerprint density at radius 3 is 2.65 bits per heavy atom. The Labute approximate surface area is 116 Å². The van der Waals surface area contributed by atoms with Gasteiger partial charge < -0.3 is 14.8 Å². The average Bonchev–Trinajstić information content (AvgIpc) is 2.45. The molecule has 0 spiro atoms. The van der Waals surface area contributed by atoms with Crippen LogP contribution in [0.1, 0.15) is 5.56 Å². The molecule has 106 valence electrons. The van der Waals surface area contributed by atoms with E-state index in [1.165, 1.54) is 12.1 Å². The van der Waals surface area contributed by atoms with Gasteiger partial charge in [-0.15, -0.1) is 0 Å². The summed E-state index contributed by atoms with van der Waals surface area (Å²) in [4.78, 5) is 0. The van der Waals surface area contributed by atoms with Crippen molar-refractivity contribution in [2.45, 2.75) is 13.2 Å². The van der Waals surface area contributed by atoms with E-state index < -0.39 is 6.61 Å². The van der Waals surface area contributed by atoms with Crippen LogP contribution in [-0.4, -0.2) is 13.7 Å². The van der Waals surface area contributed by atoms with Gasteiger partial charge in [0.05, 0.1) is 7.11 Å². The quantitative estimate of drug-likeness (QED) is 0.869. The van der Waals surface area contributed by atoms with Gasteiger partial charge in [0.1, 0.15) is 11.5 Å². The number of ether oxygens (including phenoxy) is 2. The van der Waals surface area contributed by atoms with Crippen LogP contribution in [0.3, 0.4) is 0 Å². The zero-order chi connectivity index (χ0) is 14.4. The van der Waals surface area contributed by atoms with Gasteiger partial charge in [-0.25, -0.2) is 0 Å². The van der Waals surface area contributed by atoms with E-state index in [-0.39, 0.29) is 5.75 Å². The van der Waals surface area contributed by atoms with Gasteiger partial charge in [0, 0.05) is 23.9 Å². The zero-order valence-electron chi connectivity index (χ0n) is 11.0. The maximum absolute atomic E-state index is 12.1. The molecule has 2 aromatic carbocycles. The summed E-state index contributed by atoms with van der Waals surface area (Å²) in [6.45, 7) is -2.29. The van der Waals surface area contributed by atoms with Crippen molar-refractivity contribution >= 4 is 5.69 Å². The van der Waals surface area contributed by atoms with Crippen molar-refractivity contribution in [2.24, 2.45) is 0 Å². The number of para-hydroxylation sites is 1. The molecule has 0 aliphatic heterocycles. The Morgan fingerprint density at radius 2 is 1.90 bits per heavy atom. The largest absolute Gasteiger partial charge is 0.496 e. The standard InChI is InChI=1S/C15H15F2NO2/c1-19-14-8-3-2-5-11(14)10-18-12-6-4-7-13(9-12)20-15(16)17/h2-9,15,18H,10H2,1H3. The molecule has 20 heavy (non-hydrogen) atoms. The molecule has 2 rings (SSSR count). The molecule has 3 nitrogen and oxygen atoms in total. The molecule has 2 aromatic rings. The number of rotatable bonds is 6. The molecule has 0 saturated carbocycles. The summed E-state index contributed by atoms with van der Waals surface area (Å²) in [6.07, 6.45) is 0. The van der Waals surface area contributed by atoms with Crippen molar-refractivity contribution < 1.29 is 18.3 Å². The molecular weight excluding hydrogens is 264 g/mol. The first-order chi connectivity index (χ1) is 9.69. The predicted molar refractivity (Wildman–Crippen MR) is 73.4 cm³/mol. The second-order valence-corrected chi connectivity index (χ2v) is 4.07. The predicted octanol–water partition coefficient (Wildman–Crippen LogP) is 3.91. The highest BCUT2D eigenvalue weighted by atomic mass is 19.3. The zero-order valence-corrected chi connectivity index (χ0v) is 11.0. The van der Waals surface area contributed by atoms with E-state index in [1.54, 1.807) is 19.2 Å². The molecule has 0 aliphatic rings. The van der Waals surface area contributed by atoms with E-state index in [1.807, 2.05) is 24.3 Å². The summed E-state index contributed by atoms with van der Waals surface area (Å²) >= 11 is 0. The van der Waals surface area contributed by atoms with Gasteiger partial charge in [0.15, 0.2) is 0 Å². The van der Waals surface area contributed by atoms with Crippen LogP contribution < -0.4 is 14.8 Å². The van der Waals surface area contributed by atoms with E-state index in [4.69, 9.17) is 4.74 Å². The van der Waals surface area contributed by atoms with Gasteiger partial charge in [-0.1, -0.05) is 24.3 Å². The first kappa shape index (κ1) is 14.1. The number of methoxy groups -OCH3 is 1. The lowest BCUT2D eigenvalue weighted by Crippen LogP contribution is -2.04. The van der Waals surface area contributed by atoms with Gasteiger partial charge in [-0.3, -0.25) is 0 Å². The van der Waals surface area contributed by atoms with E-state index >= 15 is 0 Å². The van der Waals surface area contributed by atoms with Crippen LogP contribution in [0.4, 0.5) is 14.5 Å². The molecule has 0 unspecified atom stereocenters. The van der Waals surface area contributed by atoms with Crippen molar-refractivity contribution in [3.05, 3.63) is 54.1 Å². The van der Waals surface area contributed by atoms with Crippen molar-refractivity contribution in [1.82, 2.24) is 0 Å². The van der Waals surface area contributed by atoms with Crippen molar-refractivity contribution in [2.75, 3.05) is 12.4 Å². The lowest BCUT2D eigenvalue weighted by atomic mass is 10.2. The number of anilines is 1. The minimum absolute atomic E-state index is 0.130. The summed E-state index contributed by atoms with van der Waals surface area (Å²) in [6, 6.07) is 14.1. The fraction of sp³-hybridized carbons (Fsp3) is 0.200. The highest BCUT2D eigenvalue weighted by Gasteiger charge is 2.05. The Kier molecular flexibility index (Phi) is 4.76. The van der Waals surface area contributed by atoms with Crippen molar-refractivity contribution in [3.8, 4) is 11.5 Å². The Morgan fingerprint density at radius 1 is 1.10 bits per heavy atom. The van der Waals surface area contributed by atoms with Gasteiger partial charge in [0.2, 0.25) is 0 Å². The molecule has 0 aromatic heterocycles. The van der Waals surface area contributed by atoms with E-state index in [0.29, 0.717) is 12.2 Å². The smallest absolute Gasteiger partial charge is 0.387 e. The van der Waals surface area contributed by atoms with Crippen LogP contribution >= 0.6 is 0 Å². The average molecular weight is 279 g/mol. The third kappa shape index (κ3) is 3.85. The lowest BCUT2D eigenvalue weighted by Gasteiger charge is -2.11. The molecule has 1 N–H and O–H groups in total. The molecule has 0 fully saturated rings. The normalized spacial score (nSPS) is 10.4. The van der Waals surface area contributed by atoms with E-state index in [0.717, 1.165) is 11.3 Å². The van der Waals surface area contributed by atoms with Crippen LogP contribution in [0.5, 0.6) is 11.5 Å². The summed E-state index contributed by atoms with van der Waals surface area (Å²) < 4.78 is 33.9. The van der Waals surface area contributed by atoms with Gasteiger partial charge in [-0.2, -0.15) is 8.78 Å². The van der Waals surface area contributed by atoms with Crippen molar-refractivity contribution in [3.63, 3.8) is 0 Å². The number of alkyl halides is 2. The number of halogens is 2. The number of hydrogen-bond acceptors (Lipinski definition) is 3. The van der Waals surface area contributed by atoms with Crippen LogP contribution in [0.15, 0.2) is 48.5 Å². The minimum Gasteiger partial charge on any atom is -0.496 e. The Bertz CT molecular complexity index is 561. The van der Waals surface area contributed by atoms with Gasteiger partial charge in [-0.05, 0) is 18.2 Å². The molecule has 0 aliphatic carbocycles. The van der Waals surface area contributed by atoms with Crippen LogP contribution in [0.2, 0.25) is 0 Å². The second-order valence-electron chi connectivity index (χ2n) is 4.07. The molecule has 0 heterocycles. The maximum Gasteiger partial charge on any atom is 0.387 e. The third-order valence-electron chi connectivity index (χ3n) is 2.73. The summed E-state index contributed by atoms with van der Waals surface area (Å²) in [5.74, 6) is 0.907. The molecule has 5 heteroatoms. The summed E-state index contributed by atoms with van der Waals surface area (Å²) in [7, 11) is 1.61. The first-order valence-corrected chi connectivity index (χ1v) is 6.09. The fourth-order valence-electron chi connectivity index (χ4n) is 1.83. The van der Waals surface area contributed by atoms with Crippen LogP contribution in [-0.2, 0) is 6.54 Å². The Balaban J connectivity index is 2.03. The van der Waals surface area contributed by atoms with E-state index in [2.05, 4.69) is 10.1 Å². The molecule has 0 radical (unpaired) electrons. The van der Waals surface area contributed by atoms with Crippen molar-refractivity contribution in [1.29, 1.82) is 0 Å². The monoisotopic (exact) mass is 279 g/mol. The second kappa shape index (κ2) is 6.75. The topological polar surface area (TPSA) is 30.5 Å². The van der Waals surface area contributed by atoms with Gasteiger partial charge in [0.25, 0.3) is 0 Å². The van der Waals surface area contributed by atoms with Gasteiger partial charge >= 0.3 is 6.61 Å². The molecular formula is C15H15F2NO2. The highest BCUT2D eigenvalue weighted by Crippen LogP contribution is 2.22. The highest BCUT2D eigenvalue weighted by molar-refractivity contribution is 5.49. The minimum atomic E-state index is -2.82.